The number of halogens is 1. The minimum absolute atomic E-state index is 0.165. The lowest BCUT2D eigenvalue weighted by molar-refractivity contribution is -0.117. The van der Waals surface area contributed by atoms with Crippen molar-refractivity contribution in [2.45, 2.75) is 58.4 Å². The number of rotatable bonds is 8. The van der Waals surface area contributed by atoms with Crippen molar-refractivity contribution in [1.29, 1.82) is 0 Å². The first-order chi connectivity index (χ1) is 11.3. The van der Waals surface area contributed by atoms with Gasteiger partial charge in [0, 0.05) is 18.2 Å². The summed E-state index contributed by atoms with van der Waals surface area (Å²) in [6, 6.07) is 1.71. The molecule has 0 aromatic carbocycles. The highest BCUT2D eigenvalue weighted by Crippen LogP contribution is 2.29. The van der Waals surface area contributed by atoms with Crippen molar-refractivity contribution in [3.63, 3.8) is 0 Å². The van der Waals surface area contributed by atoms with Crippen LogP contribution in [0.15, 0.2) is 12.3 Å². The van der Waals surface area contributed by atoms with Crippen molar-refractivity contribution in [1.82, 2.24) is 15.0 Å². The molecule has 3 N–H and O–H groups in total. The third-order valence-electron chi connectivity index (χ3n) is 4.05. The number of nitrogen functional groups attached to an aromatic ring is 1. The van der Waals surface area contributed by atoms with Crippen LogP contribution in [0.5, 0.6) is 0 Å². The van der Waals surface area contributed by atoms with Crippen LogP contribution < -0.4 is 11.1 Å². The number of hydrogen-bond acceptors (Lipinski definition) is 6. The van der Waals surface area contributed by atoms with E-state index in [0.717, 1.165) is 25.7 Å². The molecule has 2 heterocycles. The number of ketones is 1. The first-order valence-corrected chi connectivity index (χ1v) is 8.57. The maximum atomic E-state index is 11.4. The van der Waals surface area contributed by atoms with Crippen LogP contribution in [-0.2, 0) is 4.79 Å². The van der Waals surface area contributed by atoms with Gasteiger partial charge in [0.15, 0.2) is 5.82 Å². The van der Waals surface area contributed by atoms with Gasteiger partial charge in [-0.2, -0.15) is 4.98 Å². The number of carbonyl (C=O) groups is 1. The Morgan fingerprint density at radius 2 is 2.12 bits per heavy atom. The second-order valence-electron chi connectivity index (χ2n) is 6.44. The van der Waals surface area contributed by atoms with Crippen LogP contribution in [0.2, 0.25) is 5.02 Å². The summed E-state index contributed by atoms with van der Waals surface area (Å²) in [4.78, 5) is 24.3. The van der Waals surface area contributed by atoms with Gasteiger partial charge in [-0.15, -0.1) is 0 Å². The largest absolute Gasteiger partial charge is 0.368 e. The van der Waals surface area contributed by atoms with E-state index >= 15 is 0 Å². The third-order valence-corrected chi connectivity index (χ3v) is 4.26. The van der Waals surface area contributed by atoms with E-state index in [9.17, 15) is 4.79 Å². The van der Waals surface area contributed by atoms with E-state index in [2.05, 4.69) is 34.1 Å². The SMILES string of the molecule is CCCC[C@](C)(CCC(C)=O)Nc1nc(N)nc2cc(Cl)cnc12. The molecule has 6 nitrogen and oxygen atoms in total. The molecule has 0 radical (unpaired) electrons. The normalized spacial score (nSPS) is 13.7. The van der Waals surface area contributed by atoms with Crippen molar-refractivity contribution < 1.29 is 4.79 Å². The molecule has 24 heavy (non-hydrogen) atoms. The highest BCUT2D eigenvalue weighted by atomic mass is 35.5. The number of nitrogens with two attached hydrogens (primary N) is 1. The van der Waals surface area contributed by atoms with Gasteiger partial charge in [0.05, 0.1) is 10.5 Å². The summed E-state index contributed by atoms with van der Waals surface area (Å²) in [6.07, 6.45) is 5.87. The molecule has 7 heteroatoms. The van der Waals surface area contributed by atoms with Gasteiger partial charge in [0.25, 0.3) is 0 Å². The maximum absolute atomic E-state index is 11.4. The lowest BCUT2D eigenvalue weighted by Gasteiger charge is -2.31. The lowest BCUT2D eigenvalue weighted by Crippen LogP contribution is -2.36. The standard InChI is InChI=1S/C17H24ClN5O/c1-4-5-7-17(3,8-6-11(2)24)23-15-14-13(21-16(19)22-15)9-12(18)10-20-14/h9-10H,4-8H2,1-3H3,(H3,19,21,22,23)/t17-/m1/s1. The number of Topliss-reactive ketones (excluding diaryl/α,β-unsaturated/α-hetero) is 1. The van der Waals surface area contributed by atoms with Crippen molar-refractivity contribution in [2.75, 3.05) is 11.1 Å². The minimum atomic E-state index is -0.267. The zero-order valence-electron chi connectivity index (χ0n) is 14.4. The van der Waals surface area contributed by atoms with Crippen LogP contribution in [0.25, 0.3) is 11.0 Å². The molecule has 0 fully saturated rings. The summed E-state index contributed by atoms with van der Waals surface area (Å²) in [5.41, 5.74) is 6.78. The molecule has 0 spiro atoms. The number of nitrogens with zero attached hydrogens (tertiary/aromatic N) is 3. The number of anilines is 2. The summed E-state index contributed by atoms with van der Waals surface area (Å²) in [7, 11) is 0. The van der Waals surface area contributed by atoms with Gasteiger partial charge in [0.1, 0.15) is 11.3 Å². The second kappa shape index (κ2) is 7.75. The van der Waals surface area contributed by atoms with Gasteiger partial charge in [-0.1, -0.05) is 31.4 Å². The van der Waals surface area contributed by atoms with E-state index in [1.54, 1.807) is 19.2 Å². The Hall–Kier alpha value is -1.95. The van der Waals surface area contributed by atoms with Crippen LogP contribution in [0, 0.1) is 0 Å². The van der Waals surface area contributed by atoms with E-state index < -0.39 is 0 Å². The molecule has 2 aromatic rings. The van der Waals surface area contributed by atoms with Gasteiger partial charge in [-0.05, 0) is 32.8 Å². The average molecular weight is 350 g/mol. The molecule has 1 atom stereocenters. The highest BCUT2D eigenvalue weighted by molar-refractivity contribution is 6.31. The van der Waals surface area contributed by atoms with Crippen LogP contribution in [0.3, 0.4) is 0 Å². The molecule has 0 aliphatic carbocycles. The topological polar surface area (TPSA) is 93.8 Å². The van der Waals surface area contributed by atoms with E-state index in [1.807, 2.05) is 0 Å². The lowest BCUT2D eigenvalue weighted by atomic mass is 9.89. The smallest absolute Gasteiger partial charge is 0.222 e. The molecule has 0 aliphatic rings. The first kappa shape index (κ1) is 18.4. The minimum Gasteiger partial charge on any atom is -0.368 e. The molecule has 0 saturated carbocycles. The van der Waals surface area contributed by atoms with Crippen LogP contribution >= 0.6 is 11.6 Å². The van der Waals surface area contributed by atoms with Gasteiger partial charge in [0.2, 0.25) is 5.95 Å². The molecule has 0 aliphatic heterocycles. The Bertz CT molecular complexity index is 731. The van der Waals surface area contributed by atoms with E-state index in [1.165, 1.54) is 0 Å². The Balaban J connectivity index is 2.37. The summed E-state index contributed by atoms with van der Waals surface area (Å²) in [6.45, 7) is 5.86. The number of fused-ring (bicyclic) bond motifs is 1. The van der Waals surface area contributed by atoms with E-state index in [4.69, 9.17) is 17.3 Å². The fourth-order valence-electron chi connectivity index (χ4n) is 2.65. The van der Waals surface area contributed by atoms with Crippen LogP contribution in [-0.4, -0.2) is 26.3 Å². The van der Waals surface area contributed by atoms with E-state index in [0.29, 0.717) is 28.3 Å². The fourth-order valence-corrected chi connectivity index (χ4v) is 2.81. The van der Waals surface area contributed by atoms with Gasteiger partial charge >= 0.3 is 0 Å². The number of pyridine rings is 1. The van der Waals surface area contributed by atoms with Crippen molar-refractivity contribution in [3.05, 3.63) is 17.3 Å². The number of hydrogen-bond donors (Lipinski definition) is 2. The van der Waals surface area contributed by atoms with Crippen LogP contribution in [0.4, 0.5) is 11.8 Å². The fraction of sp³-hybridized carbons (Fsp3) is 0.529. The van der Waals surface area contributed by atoms with Gasteiger partial charge in [-0.25, -0.2) is 9.97 Å². The van der Waals surface area contributed by atoms with Crippen molar-refractivity contribution in [3.8, 4) is 0 Å². The number of carbonyl (C=O) groups excluding carboxylic acids is 1. The van der Waals surface area contributed by atoms with Crippen molar-refractivity contribution >= 4 is 40.2 Å². The molecule has 2 aromatic heterocycles. The first-order valence-electron chi connectivity index (χ1n) is 8.19. The van der Waals surface area contributed by atoms with E-state index in [-0.39, 0.29) is 17.3 Å². The molecule has 0 bridgehead atoms. The maximum Gasteiger partial charge on any atom is 0.222 e. The second-order valence-corrected chi connectivity index (χ2v) is 6.88. The Labute approximate surface area is 147 Å². The molecule has 130 valence electrons. The summed E-state index contributed by atoms with van der Waals surface area (Å²) >= 11 is 5.99. The number of unbranched alkanes of at least 4 members (excludes halogenated alkanes) is 1. The number of aromatic nitrogens is 3. The predicted octanol–water partition coefficient (Wildman–Crippen LogP) is 3.99. The Morgan fingerprint density at radius 3 is 2.79 bits per heavy atom. The molecule has 0 unspecified atom stereocenters. The molecule has 0 amide bonds. The third kappa shape index (κ3) is 4.77. The highest BCUT2D eigenvalue weighted by Gasteiger charge is 2.26. The zero-order chi connectivity index (χ0) is 17.7. The summed E-state index contributed by atoms with van der Waals surface area (Å²) in [5, 5.41) is 3.96. The zero-order valence-corrected chi connectivity index (χ0v) is 15.2. The summed E-state index contributed by atoms with van der Waals surface area (Å²) in [5.74, 6) is 0.922. The average Bonchev–Trinajstić information content (AvgIpc) is 2.50. The predicted molar refractivity (Wildman–Crippen MR) is 98.2 cm³/mol. The Kier molecular flexibility index (Phi) is 5.94. The number of nitrogens with one attached hydrogen (secondary N) is 1. The molecule has 0 saturated heterocycles. The molecular weight excluding hydrogens is 326 g/mol. The Morgan fingerprint density at radius 1 is 1.38 bits per heavy atom. The molecule has 2 rings (SSSR count). The molecular formula is C17H24ClN5O. The quantitative estimate of drug-likeness (QED) is 0.748. The van der Waals surface area contributed by atoms with Crippen LogP contribution in [0.1, 0.15) is 52.9 Å². The van der Waals surface area contributed by atoms with Gasteiger partial charge < -0.3 is 15.8 Å². The monoisotopic (exact) mass is 349 g/mol. The summed E-state index contributed by atoms with van der Waals surface area (Å²) < 4.78 is 0. The van der Waals surface area contributed by atoms with Gasteiger partial charge in [-0.3, -0.25) is 0 Å². The van der Waals surface area contributed by atoms with Crippen molar-refractivity contribution in [2.24, 2.45) is 0 Å².